The van der Waals surface area contributed by atoms with Crippen molar-refractivity contribution < 1.29 is 14.7 Å². The van der Waals surface area contributed by atoms with E-state index in [2.05, 4.69) is 21.2 Å². The fourth-order valence-electron chi connectivity index (χ4n) is 1.51. The van der Waals surface area contributed by atoms with E-state index in [9.17, 15) is 9.59 Å². The van der Waals surface area contributed by atoms with Crippen molar-refractivity contribution in [3.05, 3.63) is 27.7 Å². The van der Waals surface area contributed by atoms with Crippen molar-refractivity contribution in [1.82, 2.24) is 0 Å². The number of carbonyl (C=O) groups excluding carboxylic acids is 1. The van der Waals surface area contributed by atoms with Crippen molar-refractivity contribution in [1.29, 1.82) is 0 Å². The van der Waals surface area contributed by atoms with Crippen LogP contribution in [0.15, 0.2) is 16.6 Å². The van der Waals surface area contributed by atoms with Gasteiger partial charge in [0.2, 0.25) is 5.91 Å². The molecule has 0 aliphatic heterocycles. The number of hydrogen-bond donors (Lipinski definition) is 2. The van der Waals surface area contributed by atoms with Gasteiger partial charge in [-0.3, -0.25) is 9.59 Å². The summed E-state index contributed by atoms with van der Waals surface area (Å²) in [4.78, 5) is 22.0. The number of rotatable bonds is 5. The summed E-state index contributed by atoms with van der Waals surface area (Å²) in [6, 6.07) is 3.85. The third-order valence-corrected chi connectivity index (χ3v) is 3.60. The summed E-state index contributed by atoms with van der Waals surface area (Å²) in [7, 11) is 0. The van der Waals surface area contributed by atoms with E-state index in [1.165, 1.54) is 0 Å². The molecule has 0 unspecified atom stereocenters. The Morgan fingerprint density at radius 1 is 1.28 bits per heavy atom. The molecule has 0 aliphatic rings. The molecule has 6 heteroatoms. The van der Waals surface area contributed by atoms with Crippen LogP contribution in [-0.2, 0) is 9.59 Å². The zero-order valence-electron chi connectivity index (χ0n) is 10.1. The summed E-state index contributed by atoms with van der Waals surface area (Å²) >= 11 is 4.47. The number of anilines is 1. The van der Waals surface area contributed by atoms with E-state index in [0.29, 0.717) is 0 Å². The van der Waals surface area contributed by atoms with E-state index < -0.39 is 5.97 Å². The van der Waals surface area contributed by atoms with Gasteiger partial charge in [0, 0.05) is 10.2 Å². The molecule has 0 aliphatic carbocycles. The van der Waals surface area contributed by atoms with E-state index in [-0.39, 0.29) is 17.4 Å². The average Bonchev–Trinajstić information content (AvgIpc) is 2.22. The molecule has 0 saturated carbocycles. The van der Waals surface area contributed by atoms with Crippen LogP contribution in [0.1, 0.15) is 11.1 Å². The first-order chi connectivity index (χ1) is 8.40. The molecule has 0 fully saturated rings. The Labute approximate surface area is 118 Å². The van der Waals surface area contributed by atoms with Gasteiger partial charge in [0.15, 0.2) is 0 Å². The minimum absolute atomic E-state index is 0.0638. The van der Waals surface area contributed by atoms with Crippen molar-refractivity contribution >= 4 is 45.3 Å². The van der Waals surface area contributed by atoms with Gasteiger partial charge >= 0.3 is 5.97 Å². The summed E-state index contributed by atoms with van der Waals surface area (Å²) in [5, 5.41) is 11.3. The molecule has 1 amide bonds. The zero-order valence-corrected chi connectivity index (χ0v) is 12.5. The minimum atomic E-state index is -0.913. The van der Waals surface area contributed by atoms with Crippen LogP contribution in [0.25, 0.3) is 0 Å². The lowest BCUT2D eigenvalue weighted by atomic mass is 10.1. The van der Waals surface area contributed by atoms with Gasteiger partial charge in [-0.15, -0.1) is 11.8 Å². The van der Waals surface area contributed by atoms with Gasteiger partial charge in [0.25, 0.3) is 0 Å². The Morgan fingerprint density at radius 3 is 2.33 bits per heavy atom. The molecule has 0 aromatic heterocycles. The molecule has 0 atom stereocenters. The number of aryl methyl sites for hydroxylation is 2. The molecule has 2 N–H and O–H groups in total. The number of amides is 1. The first-order valence-corrected chi connectivity index (χ1v) is 7.21. The Balaban J connectivity index is 2.62. The largest absolute Gasteiger partial charge is 0.481 e. The topological polar surface area (TPSA) is 66.4 Å². The predicted molar refractivity (Wildman–Crippen MR) is 77.2 cm³/mol. The Morgan fingerprint density at radius 2 is 1.83 bits per heavy atom. The maximum Gasteiger partial charge on any atom is 0.313 e. The van der Waals surface area contributed by atoms with Gasteiger partial charge in [0.1, 0.15) is 0 Å². The second-order valence-corrected chi connectivity index (χ2v) is 5.75. The molecule has 1 rings (SSSR count). The average molecular weight is 332 g/mol. The second kappa shape index (κ2) is 6.80. The van der Waals surface area contributed by atoms with Crippen molar-refractivity contribution in [2.45, 2.75) is 13.8 Å². The lowest BCUT2D eigenvalue weighted by Gasteiger charge is -2.12. The quantitative estimate of drug-likeness (QED) is 0.870. The highest BCUT2D eigenvalue weighted by Gasteiger charge is 2.09. The smallest absolute Gasteiger partial charge is 0.313 e. The van der Waals surface area contributed by atoms with Gasteiger partial charge in [0.05, 0.1) is 11.5 Å². The van der Waals surface area contributed by atoms with Gasteiger partial charge in [-0.2, -0.15) is 0 Å². The van der Waals surface area contributed by atoms with Crippen LogP contribution < -0.4 is 5.32 Å². The zero-order chi connectivity index (χ0) is 13.7. The van der Waals surface area contributed by atoms with E-state index in [1.54, 1.807) is 0 Å². The van der Waals surface area contributed by atoms with Crippen molar-refractivity contribution in [3.63, 3.8) is 0 Å². The van der Waals surface area contributed by atoms with Crippen LogP contribution in [0.5, 0.6) is 0 Å². The van der Waals surface area contributed by atoms with Crippen LogP contribution in [-0.4, -0.2) is 28.5 Å². The van der Waals surface area contributed by atoms with Crippen molar-refractivity contribution in [2.75, 3.05) is 16.8 Å². The summed E-state index contributed by atoms with van der Waals surface area (Å²) < 4.78 is 0.968. The van der Waals surface area contributed by atoms with Gasteiger partial charge in [-0.25, -0.2) is 0 Å². The van der Waals surface area contributed by atoms with Crippen molar-refractivity contribution in [3.8, 4) is 0 Å². The maximum absolute atomic E-state index is 11.6. The van der Waals surface area contributed by atoms with Gasteiger partial charge < -0.3 is 10.4 Å². The maximum atomic E-state index is 11.6. The van der Waals surface area contributed by atoms with E-state index in [0.717, 1.165) is 33.0 Å². The number of carboxylic acids is 1. The van der Waals surface area contributed by atoms with E-state index >= 15 is 0 Å². The SMILES string of the molecule is Cc1cc(Br)cc(C)c1NC(=O)CSCC(=O)O. The second-order valence-electron chi connectivity index (χ2n) is 3.85. The summed E-state index contributed by atoms with van der Waals surface area (Å²) in [5.74, 6) is -1.02. The van der Waals surface area contributed by atoms with Crippen LogP contribution in [0.4, 0.5) is 5.69 Å². The fourth-order valence-corrected chi connectivity index (χ4v) is 2.74. The standard InChI is InChI=1S/C12H14BrNO3S/c1-7-3-9(13)4-8(2)12(7)14-10(15)5-18-6-11(16)17/h3-4H,5-6H2,1-2H3,(H,14,15)(H,16,17). The normalized spacial score (nSPS) is 10.2. The molecule has 18 heavy (non-hydrogen) atoms. The van der Waals surface area contributed by atoms with Crippen LogP contribution in [0.2, 0.25) is 0 Å². The number of thioether (sulfide) groups is 1. The minimum Gasteiger partial charge on any atom is -0.481 e. The molecular formula is C12H14BrNO3S. The molecule has 0 bridgehead atoms. The number of carboxylic acid groups (broad SMARTS) is 1. The summed E-state index contributed by atoms with van der Waals surface area (Å²) in [6.07, 6.45) is 0. The van der Waals surface area contributed by atoms with Gasteiger partial charge in [-0.05, 0) is 37.1 Å². The molecule has 1 aromatic carbocycles. The van der Waals surface area contributed by atoms with Crippen molar-refractivity contribution in [2.24, 2.45) is 0 Å². The molecule has 0 radical (unpaired) electrons. The summed E-state index contributed by atoms with van der Waals surface area (Å²) in [5.41, 5.74) is 2.73. The molecular weight excluding hydrogens is 318 g/mol. The third-order valence-electron chi connectivity index (χ3n) is 2.22. The highest BCUT2D eigenvalue weighted by atomic mass is 79.9. The number of halogens is 1. The Bertz CT molecular complexity index is 453. The molecule has 0 saturated heterocycles. The predicted octanol–water partition coefficient (Wildman–Crippen LogP) is 2.82. The van der Waals surface area contributed by atoms with Crippen LogP contribution in [0, 0.1) is 13.8 Å². The monoisotopic (exact) mass is 331 g/mol. The number of carbonyl (C=O) groups is 2. The molecule has 4 nitrogen and oxygen atoms in total. The van der Waals surface area contributed by atoms with E-state index in [1.807, 2.05) is 26.0 Å². The molecule has 0 heterocycles. The highest BCUT2D eigenvalue weighted by molar-refractivity contribution is 9.10. The van der Waals surface area contributed by atoms with Crippen LogP contribution in [0.3, 0.4) is 0 Å². The lowest BCUT2D eigenvalue weighted by molar-refractivity contribution is -0.133. The number of benzene rings is 1. The number of hydrogen-bond acceptors (Lipinski definition) is 3. The number of aliphatic carboxylic acids is 1. The highest BCUT2D eigenvalue weighted by Crippen LogP contribution is 2.25. The van der Waals surface area contributed by atoms with Crippen LogP contribution >= 0.6 is 27.7 Å². The first-order valence-electron chi connectivity index (χ1n) is 5.26. The third kappa shape index (κ3) is 4.70. The molecule has 0 spiro atoms. The molecule has 1 aromatic rings. The fraction of sp³-hybridized carbons (Fsp3) is 0.333. The molecule has 98 valence electrons. The summed E-state index contributed by atoms with van der Waals surface area (Å²) in [6.45, 7) is 3.83. The van der Waals surface area contributed by atoms with Gasteiger partial charge in [-0.1, -0.05) is 15.9 Å². The lowest BCUT2D eigenvalue weighted by Crippen LogP contribution is -2.17. The first kappa shape index (κ1) is 15.0. The Kier molecular flexibility index (Phi) is 5.68. The number of nitrogens with one attached hydrogen (secondary N) is 1. The Hall–Kier alpha value is -1.01. The van der Waals surface area contributed by atoms with E-state index in [4.69, 9.17) is 5.11 Å².